The second-order valence-corrected chi connectivity index (χ2v) is 6.47. The predicted octanol–water partition coefficient (Wildman–Crippen LogP) is 4.50. The molecule has 0 bridgehead atoms. The van der Waals surface area contributed by atoms with E-state index in [0.29, 0.717) is 5.92 Å². The Kier molecular flexibility index (Phi) is 3.44. The fraction of sp³-hybridized carbons (Fsp3) is 0.389. The summed E-state index contributed by atoms with van der Waals surface area (Å²) >= 11 is 6.07. The number of benzene rings is 1. The molecule has 2 aliphatic rings. The third kappa shape index (κ3) is 2.58. The number of halogens is 1. The van der Waals surface area contributed by atoms with Crippen molar-refractivity contribution in [1.29, 1.82) is 0 Å². The quantitative estimate of drug-likeness (QED) is 0.773. The highest BCUT2D eigenvalue weighted by Crippen LogP contribution is 2.33. The molecule has 1 saturated heterocycles. The molecule has 1 fully saturated rings. The van der Waals surface area contributed by atoms with Crippen LogP contribution < -0.4 is 0 Å². The Morgan fingerprint density at radius 3 is 2.86 bits per heavy atom. The summed E-state index contributed by atoms with van der Waals surface area (Å²) in [6.07, 6.45) is 8.01. The van der Waals surface area contributed by atoms with Crippen LogP contribution in [0, 0.1) is 11.8 Å². The molecule has 1 unspecified atom stereocenters. The molecule has 0 spiro atoms. The zero-order valence-corrected chi connectivity index (χ0v) is 12.6. The second-order valence-electron chi connectivity index (χ2n) is 6.04. The van der Waals surface area contributed by atoms with E-state index in [2.05, 4.69) is 18.2 Å². The van der Waals surface area contributed by atoms with Gasteiger partial charge in [-0.3, -0.25) is 4.98 Å². The van der Waals surface area contributed by atoms with Gasteiger partial charge in [0.25, 0.3) is 0 Å². The van der Waals surface area contributed by atoms with E-state index < -0.39 is 0 Å². The van der Waals surface area contributed by atoms with E-state index in [1.54, 1.807) is 0 Å². The minimum absolute atomic E-state index is 0.610. The van der Waals surface area contributed by atoms with Crippen LogP contribution in [0.1, 0.15) is 24.1 Å². The molecule has 0 amide bonds. The monoisotopic (exact) mass is 299 g/mol. The highest BCUT2D eigenvalue weighted by molar-refractivity contribution is 6.31. The Bertz CT molecular complexity index is 704. The number of allylic oxidation sites excluding steroid dienone is 1. The largest absolute Gasteiger partial charge is 0.381 e. The van der Waals surface area contributed by atoms with Crippen molar-refractivity contribution >= 4 is 28.6 Å². The van der Waals surface area contributed by atoms with Gasteiger partial charge in [-0.25, -0.2) is 0 Å². The molecule has 0 radical (unpaired) electrons. The average molecular weight is 300 g/mol. The van der Waals surface area contributed by atoms with E-state index in [-0.39, 0.29) is 0 Å². The van der Waals surface area contributed by atoms with Gasteiger partial charge in [0.05, 0.1) is 5.52 Å². The van der Waals surface area contributed by atoms with Crippen LogP contribution in [0.15, 0.2) is 30.3 Å². The molecular weight excluding hydrogens is 282 g/mol. The molecule has 2 heterocycles. The Hall–Kier alpha value is -1.38. The molecular formula is C18H18ClNO. The molecule has 4 rings (SSSR count). The molecule has 2 nitrogen and oxygen atoms in total. The van der Waals surface area contributed by atoms with Crippen molar-refractivity contribution in [2.24, 2.45) is 11.8 Å². The lowest BCUT2D eigenvalue weighted by molar-refractivity contribution is 0.0535. The van der Waals surface area contributed by atoms with Crippen molar-refractivity contribution in [3.63, 3.8) is 0 Å². The molecule has 108 valence electrons. The van der Waals surface area contributed by atoms with Crippen molar-refractivity contribution in [3.05, 3.63) is 46.6 Å². The topological polar surface area (TPSA) is 22.1 Å². The summed E-state index contributed by atoms with van der Waals surface area (Å²) in [7, 11) is 0. The van der Waals surface area contributed by atoms with Crippen LogP contribution in [0.3, 0.4) is 0 Å². The summed E-state index contributed by atoms with van der Waals surface area (Å²) in [5, 5.41) is 1.89. The van der Waals surface area contributed by atoms with E-state index in [9.17, 15) is 0 Å². The van der Waals surface area contributed by atoms with Crippen molar-refractivity contribution in [2.75, 3.05) is 13.2 Å². The molecule has 0 saturated carbocycles. The molecule has 1 aromatic heterocycles. The van der Waals surface area contributed by atoms with E-state index in [4.69, 9.17) is 21.3 Å². The van der Waals surface area contributed by atoms with Crippen LogP contribution >= 0.6 is 11.6 Å². The van der Waals surface area contributed by atoms with Crippen LogP contribution in [0.2, 0.25) is 5.02 Å². The maximum absolute atomic E-state index is 6.07. The number of hydrogen-bond acceptors (Lipinski definition) is 2. The van der Waals surface area contributed by atoms with Gasteiger partial charge in [0.15, 0.2) is 0 Å². The van der Waals surface area contributed by atoms with Gasteiger partial charge in [0.1, 0.15) is 0 Å². The lowest BCUT2D eigenvalue weighted by atomic mass is 9.79. The predicted molar refractivity (Wildman–Crippen MR) is 86.5 cm³/mol. The normalized spacial score (nSPS) is 22.4. The minimum Gasteiger partial charge on any atom is -0.381 e. The van der Waals surface area contributed by atoms with Gasteiger partial charge in [-0.15, -0.1) is 0 Å². The number of pyridine rings is 1. The van der Waals surface area contributed by atoms with Crippen molar-refractivity contribution in [2.45, 2.75) is 19.3 Å². The fourth-order valence-corrected chi connectivity index (χ4v) is 3.68. The summed E-state index contributed by atoms with van der Waals surface area (Å²) in [4.78, 5) is 4.86. The first-order valence-electron chi connectivity index (χ1n) is 7.65. The first-order valence-corrected chi connectivity index (χ1v) is 8.02. The van der Waals surface area contributed by atoms with Gasteiger partial charge in [-0.2, -0.15) is 0 Å². The number of nitrogens with zero attached hydrogens (tertiary/aromatic N) is 1. The van der Waals surface area contributed by atoms with E-state index in [0.717, 1.165) is 41.5 Å². The van der Waals surface area contributed by atoms with Crippen LogP contribution in [0.4, 0.5) is 0 Å². The highest BCUT2D eigenvalue weighted by atomic mass is 35.5. The first kappa shape index (κ1) is 13.3. The van der Waals surface area contributed by atoms with Gasteiger partial charge in [-0.1, -0.05) is 23.8 Å². The van der Waals surface area contributed by atoms with Crippen molar-refractivity contribution in [1.82, 2.24) is 4.98 Å². The van der Waals surface area contributed by atoms with E-state index in [1.807, 2.05) is 18.2 Å². The summed E-state index contributed by atoms with van der Waals surface area (Å²) in [6, 6.07) is 8.13. The Labute approximate surface area is 129 Å². The molecule has 1 atom stereocenters. The SMILES string of the molecule is Clc1ccc2nc3c(cc2c1)C=CC(C1CCOCC1)C3. The minimum atomic E-state index is 0.610. The number of hydrogen-bond donors (Lipinski definition) is 0. The number of fused-ring (bicyclic) bond motifs is 2. The van der Waals surface area contributed by atoms with Crippen LogP contribution in [0.25, 0.3) is 17.0 Å². The summed E-state index contributed by atoms with van der Waals surface area (Å²) in [5.74, 6) is 1.35. The van der Waals surface area contributed by atoms with Gasteiger partial charge in [-0.05, 0) is 60.9 Å². The molecule has 3 heteroatoms. The van der Waals surface area contributed by atoms with Gasteiger partial charge < -0.3 is 4.74 Å². The Morgan fingerprint density at radius 2 is 2.00 bits per heavy atom. The zero-order valence-electron chi connectivity index (χ0n) is 11.9. The first-order chi connectivity index (χ1) is 10.3. The lowest BCUT2D eigenvalue weighted by Gasteiger charge is -2.30. The van der Waals surface area contributed by atoms with Crippen molar-refractivity contribution in [3.8, 4) is 0 Å². The van der Waals surface area contributed by atoms with E-state index >= 15 is 0 Å². The molecule has 21 heavy (non-hydrogen) atoms. The molecule has 0 N–H and O–H groups in total. The third-order valence-corrected chi connectivity index (χ3v) is 4.95. The van der Waals surface area contributed by atoms with Crippen LogP contribution in [0.5, 0.6) is 0 Å². The average Bonchev–Trinajstić information content (AvgIpc) is 2.53. The van der Waals surface area contributed by atoms with Crippen LogP contribution in [-0.4, -0.2) is 18.2 Å². The summed E-state index contributed by atoms with van der Waals surface area (Å²) in [5.41, 5.74) is 3.51. The van der Waals surface area contributed by atoms with Crippen molar-refractivity contribution < 1.29 is 4.74 Å². The maximum atomic E-state index is 6.07. The molecule has 1 aliphatic heterocycles. The standard InChI is InChI=1S/C18H18ClNO/c19-16-3-4-17-15(10-16)9-14-2-1-13(11-18(14)20-17)12-5-7-21-8-6-12/h1-4,9-10,12-13H,5-8,11H2. The smallest absolute Gasteiger partial charge is 0.0706 e. The molecule has 1 aliphatic carbocycles. The summed E-state index contributed by atoms with van der Waals surface area (Å²) < 4.78 is 5.48. The fourth-order valence-electron chi connectivity index (χ4n) is 3.50. The van der Waals surface area contributed by atoms with Gasteiger partial charge in [0.2, 0.25) is 0 Å². The van der Waals surface area contributed by atoms with Gasteiger partial charge in [0, 0.05) is 29.3 Å². The lowest BCUT2D eigenvalue weighted by Crippen LogP contribution is -2.25. The molecule has 2 aromatic rings. The Balaban J connectivity index is 1.67. The summed E-state index contributed by atoms with van der Waals surface area (Å²) in [6.45, 7) is 1.82. The zero-order chi connectivity index (χ0) is 14.2. The van der Waals surface area contributed by atoms with Crippen LogP contribution in [-0.2, 0) is 11.2 Å². The second kappa shape index (κ2) is 5.43. The highest BCUT2D eigenvalue weighted by Gasteiger charge is 2.25. The number of ether oxygens (including phenoxy) is 1. The van der Waals surface area contributed by atoms with E-state index in [1.165, 1.54) is 24.1 Å². The molecule has 1 aromatic carbocycles. The maximum Gasteiger partial charge on any atom is 0.0706 e. The number of rotatable bonds is 1. The van der Waals surface area contributed by atoms with Gasteiger partial charge >= 0.3 is 0 Å². The third-order valence-electron chi connectivity index (χ3n) is 4.71. The Morgan fingerprint density at radius 1 is 1.14 bits per heavy atom. The number of aromatic nitrogens is 1.